The van der Waals surface area contributed by atoms with E-state index in [9.17, 15) is 0 Å². The third-order valence-electron chi connectivity index (χ3n) is 4.22. The molecule has 0 fully saturated rings. The van der Waals surface area contributed by atoms with Crippen molar-refractivity contribution in [2.45, 2.75) is 25.1 Å². The first-order valence-corrected chi connectivity index (χ1v) is 13.3. The van der Waals surface area contributed by atoms with Crippen LogP contribution in [0.3, 0.4) is 0 Å². The van der Waals surface area contributed by atoms with Crippen LogP contribution in [0.1, 0.15) is 11.1 Å². The van der Waals surface area contributed by atoms with Gasteiger partial charge in [0.1, 0.15) is 12.2 Å². The van der Waals surface area contributed by atoms with Gasteiger partial charge in [0.05, 0.1) is 13.2 Å². The molecule has 3 nitrogen and oxygen atoms in total. The Hall–Kier alpha value is -1.30. The van der Waals surface area contributed by atoms with Gasteiger partial charge in [0.2, 0.25) is 0 Å². The summed E-state index contributed by atoms with van der Waals surface area (Å²) in [4.78, 5) is 2.07. The average molecular weight is 422 g/mol. The molecule has 2 aromatic carbocycles. The Kier molecular flexibility index (Phi) is 6.66. The average Bonchev–Trinajstić information content (AvgIpc) is 2.86. The highest BCUT2D eigenvalue weighted by Gasteiger charge is 2.32. The number of nitrogens with zero attached hydrogens (tertiary/aromatic N) is 1. The molecule has 27 heavy (non-hydrogen) atoms. The van der Waals surface area contributed by atoms with Crippen LogP contribution in [-0.4, -0.2) is 33.8 Å². The Morgan fingerprint density at radius 3 is 2.59 bits per heavy atom. The standard InChI is InChI=1S/C21H25Cl2NO2Si/c1-27(2,3)26-12-11-25-15-24-20-10-5-4-9-18(20)19(21(24)23)14-16-7-6-8-17(22)13-16/h4-10,13-14,21H,11-12,15H2,1-3H3. The minimum absolute atomic E-state index is 0.292. The predicted octanol–water partition coefficient (Wildman–Crippen LogP) is 6.09. The van der Waals surface area contributed by atoms with E-state index < -0.39 is 8.32 Å². The van der Waals surface area contributed by atoms with Crippen molar-refractivity contribution in [2.24, 2.45) is 0 Å². The quantitative estimate of drug-likeness (QED) is 0.233. The van der Waals surface area contributed by atoms with Gasteiger partial charge in [0, 0.05) is 16.3 Å². The SMILES string of the molecule is C[Si](C)(C)OCCOCN1c2ccccc2C(=Cc2cccc(Cl)c2)C1Cl. The molecule has 0 radical (unpaired) electrons. The van der Waals surface area contributed by atoms with Crippen LogP contribution >= 0.6 is 23.2 Å². The number of hydrogen-bond acceptors (Lipinski definition) is 3. The minimum atomic E-state index is -1.51. The molecule has 3 rings (SSSR count). The van der Waals surface area contributed by atoms with Gasteiger partial charge in [-0.2, -0.15) is 0 Å². The molecular weight excluding hydrogens is 397 g/mol. The lowest BCUT2D eigenvalue weighted by Crippen LogP contribution is -2.32. The molecule has 0 aromatic heterocycles. The summed E-state index contributed by atoms with van der Waals surface area (Å²) in [5, 5.41) is 0.712. The lowest BCUT2D eigenvalue weighted by atomic mass is 10.0. The van der Waals surface area contributed by atoms with Gasteiger partial charge in [-0.15, -0.1) is 0 Å². The van der Waals surface area contributed by atoms with Crippen molar-refractivity contribution in [3.63, 3.8) is 0 Å². The first-order valence-electron chi connectivity index (χ1n) is 9.04. The zero-order valence-corrected chi connectivity index (χ0v) is 18.4. The van der Waals surface area contributed by atoms with Crippen LogP contribution < -0.4 is 4.90 Å². The first kappa shape index (κ1) is 20.4. The second kappa shape index (κ2) is 8.80. The molecule has 1 aliphatic rings. The Morgan fingerprint density at radius 2 is 1.85 bits per heavy atom. The minimum Gasteiger partial charge on any atom is -0.415 e. The monoisotopic (exact) mass is 421 g/mol. The molecule has 1 atom stereocenters. The van der Waals surface area contributed by atoms with E-state index in [0.29, 0.717) is 25.0 Å². The second-order valence-electron chi connectivity index (χ2n) is 7.48. The molecule has 0 saturated heterocycles. The highest BCUT2D eigenvalue weighted by atomic mass is 35.5. The maximum absolute atomic E-state index is 6.80. The number of hydrogen-bond donors (Lipinski definition) is 0. The topological polar surface area (TPSA) is 21.7 Å². The number of alkyl halides is 1. The van der Waals surface area contributed by atoms with Crippen molar-refractivity contribution >= 4 is 48.9 Å². The zero-order valence-electron chi connectivity index (χ0n) is 15.9. The number of ether oxygens (including phenoxy) is 1. The fraction of sp³-hybridized carbons (Fsp3) is 0.333. The van der Waals surface area contributed by atoms with Crippen LogP contribution in [0.15, 0.2) is 48.5 Å². The van der Waals surface area contributed by atoms with Gasteiger partial charge in [-0.1, -0.05) is 53.5 Å². The van der Waals surface area contributed by atoms with Gasteiger partial charge in [0.15, 0.2) is 8.32 Å². The summed E-state index contributed by atoms with van der Waals surface area (Å²) < 4.78 is 11.7. The fourth-order valence-electron chi connectivity index (χ4n) is 3.01. The number of anilines is 1. The van der Waals surface area contributed by atoms with Crippen LogP contribution in [0.5, 0.6) is 0 Å². The van der Waals surface area contributed by atoms with E-state index in [-0.39, 0.29) is 5.50 Å². The van der Waals surface area contributed by atoms with Crippen LogP contribution in [0.25, 0.3) is 11.6 Å². The van der Waals surface area contributed by atoms with Crippen LogP contribution in [-0.2, 0) is 9.16 Å². The Balaban J connectivity index is 1.73. The lowest BCUT2D eigenvalue weighted by molar-refractivity contribution is 0.0987. The van der Waals surface area contributed by atoms with E-state index in [0.717, 1.165) is 22.4 Å². The maximum Gasteiger partial charge on any atom is 0.183 e. The normalized spacial score (nSPS) is 18.2. The van der Waals surface area contributed by atoms with E-state index in [1.807, 2.05) is 36.4 Å². The molecule has 0 amide bonds. The number of para-hydroxylation sites is 1. The van der Waals surface area contributed by atoms with E-state index in [2.05, 4.69) is 42.7 Å². The number of benzene rings is 2. The van der Waals surface area contributed by atoms with Crippen molar-refractivity contribution in [2.75, 3.05) is 24.8 Å². The fourth-order valence-corrected chi connectivity index (χ4v) is 4.25. The van der Waals surface area contributed by atoms with Crippen molar-refractivity contribution in [3.05, 3.63) is 64.7 Å². The van der Waals surface area contributed by atoms with E-state index in [1.54, 1.807) is 0 Å². The summed E-state index contributed by atoms with van der Waals surface area (Å²) in [6.45, 7) is 8.11. The summed E-state index contributed by atoms with van der Waals surface area (Å²) >= 11 is 12.9. The zero-order chi connectivity index (χ0) is 19.4. The van der Waals surface area contributed by atoms with Crippen molar-refractivity contribution < 1.29 is 9.16 Å². The van der Waals surface area contributed by atoms with Crippen LogP contribution in [0.4, 0.5) is 5.69 Å². The number of halogens is 2. The third kappa shape index (κ3) is 5.37. The Bertz CT molecular complexity index is 820. The smallest absolute Gasteiger partial charge is 0.183 e. The molecule has 0 aliphatic carbocycles. The molecule has 0 spiro atoms. The van der Waals surface area contributed by atoms with Gasteiger partial charge >= 0.3 is 0 Å². The van der Waals surface area contributed by atoms with E-state index in [4.69, 9.17) is 32.4 Å². The summed E-state index contributed by atoms with van der Waals surface area (Å²) in [7, 11) is -1.51. The molecule has 1 unspecified atom stereocenters. The predicted molar refractivity (Wildman–Crippen MR) is 118 cm³/mol. The summed E-state index contributed by atoms with van der Waals surface area (Å²) in [5.74, 6) is 0. The van der Waals surface area contributed by atoms with Gasteiger partial charge in [-0.05, 0) is 55.1 Å². The maximum atomic E-state index is 6.80. The van der Waals surface area contributed by atoms with E-state index in [1.165, 1.54) is 0 Å². The Morgan fingerprint density at radius 1 is 1.07 bits per heavy atom. The van der Waals surface area contributed by atoms with Crippen molar-refractivity contribution in [1.82, 2.24) is 0 Å². The lowest BCUT2D eigenvalue weighted by Gasteiger charge is -2.24. The van der Waals surface area contributed by atoms with Crippen LogP contribution in [0.2, 0.25) is 24.7 Å². The molecule has 1 aliphatic heterocycles. The molecular formula is C21H25Cl2NO2Si. The molecule has 1 heterocycles. The van der Waals surface area contributed by atoms with E-state index >= 15 is 0 Å². The van der Waals surface area contributed by atoms with Gasteiger partial charge in [-0.25, -0.2) is 0 Å². The number of rotatable bonds is 7. The van der Waals surface area contributed by atoms with Crippen molar-refractivity contribution in [1.29, 1.82) is 0 Å². The molecule has 0 N–H and O–H groups in total. The van der Waals surface area contributed by atoms with Gasteiger partial charge in [-0.3, -0.25) is 0 Å². The molecule has 2 aromatic rings. The summed E-state index contributed by atoms with van der Waals surface area (Å²) in [6, 6.07) is 16.0. The highest BCUT2D eigenvalue weighted by Crippen LogP contribution is 2.42. The molecule has 6 heteroatoms. The van der Waals surface area contributed by atoms with Gasteiger partial charge in [0.25, 0.3) is 0 Å². The van der Waals surface area contributed by atoms with Crippen molar-refractivity contribution in [3.8, 4) is 0 Å². The highest BCUT2D eigenvalue weighted by molar-refractivity contribution is 6.69. The second-order valence-corrected chi connectivity index (χ2v) is 12.8. The number of fused-ring (bicyclic) bond motifs is 1. The van der Waals surface area contributed by atoms with Crippen LogP contribution in [0, 0.1) is 0 Å². The third-order valence-corrected chi connectivity index (χ3v) is 5.99. The molecule has 0 bridgehead atoms. The summed E-state index contributed by atoms with van der Waals surface area (Å²) in [6.07, 6.45) is 2.09. The summed E-state index contributed by atoms with van der Waals surface area (Å²) in [5.41, 5.74) is 4.00. The first-order chi connectivity index (χ1) is 12.8. The molecule has 0 saturated carbocycles. The van der Waals surface area contributed by atoms with Gasteiger partial charge < -0.3 is 14.1 Å². The largest absolute Gasteiger partial charge is 0.415 e. The molecule has 144 valence electrons. The Labute approximate surface area is 172 Å².